The van der Waals surface area contributed by atoms with Crippen LogP contribution in [0.3, 0.4) is 0 Å². The van der Waals surface area contributed by atoms with Gasteiger partial charge in [-0.3, -0.25) is 14.7 Å². The number of hydrogen-bond donors (Lipinski definition) is 1. The lowest BCUT2D eigenvalue weighted by atomic mass is 9.61. The molecule has 0 radical (unpaired) electrons. The van der Waals surface area contributed by atoms with Crippen LogP contribution in [0, 0.1) is 0 Å². The van der Waals surface area contributed by atoms with Crippen molar-refractivity contribution in [3.8, 4) is 11.4 Å². The largest absolute Gasteiger partial charge is 0.370 e. The summed E-state index contributed by atoms with van der Waals surface area (Å²) in [4.78, 5) is 35.6. The number of benzene rings is 2. The van der Waals surface area contributed by atoms with Gasteiger partial charge in [-0.1, -0.05) is 60.5 Å². The van der Waals surface area contributed by atoms with Crippen LogP contribution in [-0.2, 0) is 21.3 Å². The fourth-order valence-electron chi connectivity index (χ4n) is 4.62. The average molecular weight is 513 g/mol. The molecule has 0 amide bonds. The number of carbonyl (C=O) groups excluding carboxylic acids is 1. The molecule has 0 saturated heterocycles. The number of halogens is 1. The lowest BCUT2D eigenvalue weighted by molar-refractivity contribution is -0.139. The Morgan fingerprint density at radius 1 is 1.22 bits per heavy atom. The summed E-state index contributed by atoms with van der Waals surface area (Å²) in [6.45, 7) is -3.64. The lowest BCUT2D eigenvalue weighted by Gasteiger charge is -2.43. The molecule has 1 aliphatic carbocycles. The number of aromatic amines is 1. The Morgan fingerprint density at radius 2 is 2.00 bits per heavy atom. The molecular weight excluding hydrogens is 476 g/mol. The Morgan fingerprint density at radius 3 is 2.67 bits per heavy atom. The van der Waals surface area contributed by atoms with Crippen molar-refractivity contribution in [3.63, 3.8) is 0 Å². The van der Waals surface area contributed by atoms with E-state index in [1.165, 1.54) is 0 Å². The minimum Gasteiger partial charge on any atom is -0.370 e. The van der Waals surface area contributed by atoms with E-state index in [0.717, 1.165) is 16.5 Å². The molecule has 2 aromatic carbocycles. The molecule has 2 aromatic heterocycles. The molecule has 186 valence electrons. The van der Waals surface area contributed by atoms with Gasteiger partial charge in [0.15, 0.2) is 11.6 Å². The minimum atomic E-state index is -3.64. The smallest absolute Gasteiger partial charge is 0.274 e. The Balaban J connectivity index is 1.59. The van der Waals surface area contributed by atoms with Gasteiger partial charge in [0.25, 0.3) is 11.3 Å². The van der Waals surface area contributed by atoms with Gasteiger partial charge in [0.2, 0.25) is 0 Å². The number of carbonyl (C=O) groups is 1. The average Bonchev–Trinajstić information content (AvgIpc) is 3.36. The second kappa shape index (κ2) is 9.64. The molecule has 1 aliphatic rings. The molecular formula is C28H29ClN4O3. The number of aromatic nitrogens is 4. The lowest BCUT2D eigenvalue weighted by Crippen LogP contribution is -2.42. The van der Waals surface area contributed by atoms with Crippen LogP contribution in [0.4, 0.5) is 0 Å². The number of ether oxygens (including phenoxy) is 1. The third-order valence-electron chi connectivity index (χ3n) is 6.83. The summed E-state index contributed by atoms with van der Waals surface area (Å²) in [5.41, 5.74) is -4.25. The molecule has 8 heteroatoms. The molecule has 1 fully saturated rings. The predicted molar refractivity (Wildman–Crippen MR) is 139 cm³/mol. The monoisotopic (exact) mass is 512 g/mol. The van der Waals surface area contributed by atoms with Crippen molar-refractivity contribution in [2.24, 2.45) is 0 Å². The van der Waals surface area contributed by atoms with Gasteiger partial charge >= 0.3 is 0 Å². The van der Waals surface area contributed by atoms with E-state index in [0.29, 0.717) is 29.5 Å². The van der Waals surface area contributed by atoms with Gasteiger partial charge in [-0.15, -0.1) is 0 Å². The Kier molecular flexibility index (Phi) is 4.40. The van der Waals surface area contributed by atoms with E-state index >= 15 is 0 Å². The summed E-state index contributed by atoms with van der Waals surface area (Å²) in [6.07, 6.45) is -1.59. The van der Waals surface area contributed by atoms with Crippen LogP contribution in [0.1, 0.15) is 61.2 Å². The third kappa shape index (κ3) is 4.61. The van der Waals surface area contributed by atoms with Crippen LogP contribution in [0.25, 0.3) is 17.2 Å². The number of H-pyrrole nitrogens is 1. The highest BCUT2D eigenvalue weighted by Gasteiger charge is 2.41. The van der Waals surface area contributed by atoms with E-state index in [4.69, 9.17) is 27.3 Å². The highest BCUT2D eigenvalue weighted by atomic mass is 35.5. The fourth-order valence-corrected chi connectivity index (χ4v) is 4.75. The normalized spacial score (nSPS) is 20.8. The second-order valence-electron chi connectivity index (χ2n) is 9.03. The number of Topliss-reactive ketones (excluding diaryl/α,β-unsaturated/α-hetero) is 1. The van der Waals surface area contributed by atoms with E-state index in [-0.39, 0.29) is 18.0 Å². The predicted octanol–water partition coefficient (Wildman–Crippen LogP) is 5.16. The number of fused-ring (bicyclic) bond motifs is 1. The molecule has 5 rings (SSSR count). The summed E-state index contributed by atoms with van der Waals surface area (Å²) in [6, 6.07) is 16.5. The molecule has 1 unspecified atom stereocenters. The molecule has 1 saturated carbocycles. The van der Waals surface area contributed by atoms with Crippen molar-refractivity contribution in [2.75, 3.05) is 7.04 Å². The van der Waals surface area contributed by atoms with Gasteiger partial charge in [0.1, 0.15) is 5.60 Å². The first-order valence-electron chi connectivity index (χ1n) is 15.5. The first-order chi connectivity index (χ1) is 20.5. The number of rotatable bonds is 9. The van der Waals surface area contributed by atoms with Crippen molar-refractivity contribution >= 4 is 23.2 Å². The van der Waals surface area contributed by atoms with Gasteiger partial charge in [0, 0.05) is 43.3 Å². The molecule has 0 bridgehead atoms. The van der Waals surface area contributed by atoms with Crippen molar-refractivity contribution in [2.45, 2.75) is 56.3 Å². The van der Waals surface area contributed by atoms with Gasteiger partial charge in [-0.05, 0) is 49.2 Å². The first kappa shape index (κ1) is 16.5. The maximum absolute atomic E-state index is 14.1. The Labute approximate surface area is 225 Å². The van der Waals surface area contributed by atoms with Gasteiger partial charge < -0.3 is 4.74 Å². The van der Waals surface area contributed by atoms with Crippen LogP contribution < -0.4 is 5.56 Å². The van der Waals surface area contributed by atoms with Crippen LogP contribution in [0.15, 0.2) is 65.5 Å². The molecule has 1 atom stereocenters. The highest BCUT2D eigenvalue weighted by molar-refractivity contribution is 6.30. The maximum atomic E-state index is 14.1. The molecule has 1 N–H and O–H groups in total. The zero-order valence-electron chi connectivity index (χ0n) is 27.3. The van der Waals surface area contributed by atoms with Gasteiger partial charge in [0.05, 0.1) is 9.81 Å². The van der Waals surface area contributed by atoms with Crippen molar-refractivity contribution in [3.05, 3.63) is 87.3 Å². The molecule has 4 aromatic rings. The van der Waals surface area contributed by atoms with Crippen LogP contribution in [0.5, 0.6) is 0 Å². The molecule has 7 nitrogen and oxygen atoms in total. The Bertz CT molecular complexity index is 1730. The zero-order valence-corrected chi connectivity index (χ0v) is 20.0. The molecule has 0 spiro atoms. The SMILES string of the molecule is [2H]C([2H])([2H])OC(C(=O)CCC1(c2ccc(Cl)cc2)CCC1)(C([2H])([2H])[2H])C([2H])([2H])c1cc(=O)n2[nH]c(-c3ccccc3)nc2n1. The van der Waals surface area contributed by atoms with Crippen LogP contribution >= 0.6 is 11.6 Å². The quantitative estimate of drug-likeness (QED) is 0.334. The molecule has 0 aliphatic heterocycles. The van der Waals surface area contributed by atoms with Crippen molar-refractivity contribution < 1.29 is 20.5 Å². The summed E-state index contributed by atoms with van der Waals surface area (Å²) in [5, 5.41) is 3.28. The third-order valence-corrected chi connectivity index (χ3v) is 7.08. The number of ketones is 1. The topological polar surface area (TPSA) is 89.4 Å². The van der Waals surface area contributed by atoms with E-state index < -0.39 is 54.7 Å². The second-order valence-corrected chi connectivity index (χ2v) is 9.46. The maximum Gasteiger partial charge on any atom is 0.274 e. The summed E-state index contributed by atoms with van der Waals surface area (Å²) in [7, 11) is -3.51. The number of hydrogen-bond acceptors (Lipinski definition) is 5. The molecule has 2 heterocycles. The van der Waals surface area contributed by atoms with Crippen LogP contribution in [-0.4, -0.2) is 38.0 Å². The first-order valence-corrected chi connectivity index (χ1v) is 11.9. The van der Waals surface area contributed by atoms with E-state index in [9.17, 15) is 9.59 Å². The van der Waals surface area contributed by atoms with E-state index in [2.05, 4.69) is 15.1 Å². The number of nitrogens with zero attached hydrogens (tertiary/aromatic N) is 3. The van der Waals surface area contributed by atoms with E-state index in [1.807, 2.05) is 12.1 Å². The highest BCUT2D eigenvalue weighted by Crippen LogP contribution is 2.47. The zero-order chi connectivity index (χ0) is 32.1. The van der Waals surface area contributed by atoms with Crippen molar-refractivity contribution in [1.82, 2.24) is 19.6 Å². The summed E-state index contributed by atoms with van der Waals surface area (Å²) in [5.74, 6) is -1.38. The van der Waals surface area contributed by atoms with Crippen LogP contribution in [0.2, 0.25) is 5.02 Å². The fraction of sp³-hybridized carbons (Fsp3) is 0.357. The standard InChI is InChI=1S/C28H29ClN4O3/c1-27(36-2,23(34)13-16-28(14-6-15-28)20-9-11-21(29)12-10-20)18-22-17-24(35)33-26(30-22)31-25(32-33)19-7-4-3-5-8-19/h3-5,7-12,17H,6,13-16,18H2,1-2H3,(H,30,31,32)/i1D3,2D3,18D2. The summed E-state index contributed by atoms with van der Waals surface area (Å²) >= 11 is 6.05. The number of methoxy groups -OCH3 is 1. The Hall–Kier alpha value is -3.29. The van der Waals surface area contributed by atoms with Gasteiger partial charge in [-0.2, -0.15) is 9.50 Å². The van der Waals surface area contributed by atoms with Gasteiger partial charge in [-0.25, -0.2) is 4.98 Å². The summed E-state index contributed by atoms with van der Waals surface area (Å²) < 4.78 is 72.2. The minimum absolute atomic E-state index is 0.112. The molecule has 36 heavy (non-hydrogen) atoms. The van der Waals surface area contributed by atoms with E-state index in [1.54, 1.807) is 42.5 Å². The van der Waals surface area contributed by atoms with Crippen molar-refractivity contribution in [1.29, 1.82) is 0 Å². The number of nitrogens with one attached hydrogen (secondary N) is 1.